The highest BCUT2D eigenvalue weighted by Gasteiger charge is 2.09. The first kappa shape index (κ1) is 15.8. The predicted octanol–water partition coefficient (Wildman–Crippen LogP) is 4.80. The van der Waals surface area contributed by atoms with Gasteiger partial charge >= 0.3 is 0 Å². The number of aromatic nitrogens is 1. The lowest BCUT2D eigenvalue weighted by molar-refractivity contribution is 0.450. The van der Waals surface area contributed by atoms with Gasteiger partial charge in [0, 0.05) is 23.4 Å². The molecule has 1 aromatic heterocycles. The molecule has 5 nitrogen and oxygen atoms in total. The van der Waals surface area contributed by atoms with Crippen molar-refractivity contribution < 1.29 is 19.0 Å². The zero-order chi connectivity index (χ0) is 18.1. The summed E-state index contributed by atoms with van der Waals surface area (Å²) in [7, 11) is 0. The number of hydrogen-bond acceptors (Lipinski definition) is 5. The molecular formula is C20H13FN2O3. The van der Waals surface area contributed by atoms with Gasteiger partial charge in [-0.15, -0.1) is 0 Å². The van der Waals surface area contributed by atoms with Gasteiger partial charge in [-0.2, -0.15) is 0 Å². The number of nitrogens with zero attached hydrogens (tertiary/aromatic N) is 2. The molecule has 0 fully saturated rings. The van der Waals surface area contributed by atoms with Gasteiger partial charge in [0.25, 0.3) is 0 Å². The van der Waals surface area contributed by atoms with Crippen LogP contribution in [-0.2, 0) is 0 Å². The van der Waals surface area contributed by atoms with Crippen LogP contribution in [0.1, 0.15) is 5.56 Å². The second-order valence-corrected chi connectivity index (χ2v) is 5.68. The van der Waals surface area contributed by atoms with E-state index in [0.29, 0.717) is 33.8 Å². The molecule has 1 heterocycles. The van der Waals surface area contributed by atoms with E-state index in [1.165, 1.54) is 30.5 Å². The number of hydrogen-bond donors (Lipinski definition) is 2. The summed E-state index contributed by atoms with van der Waals surface area (Å²) in [6, 6.07) is 15.5. The van der Waals surface area contributed by atoms with Crippen molar-refractivity contribution >= 4 is 23.0 Å². The summed E-state index contributed by atoms with van der Waals surface area (Å²) in [6.45, 7) is 0. The van der Waals surface area contributed by atoms with Gasteiger partial charge in [0.05, 0.1) is 5.69 Å². The minimum atomic E-state index is -0.358. The summed E-state index contributed by atoms with van der Waals surface area (Å²) in [4.78, 5) is 8.68. The Morgan fingerprint density at radius 1 is 1.00 bits per heavy atom. The number of oxazole rings is 1. The third kappa shape index (κ3) is 3.12. The molecule has 0 spiro atoms. The number of aromatic hydroxyl groups is 2. The van der Waals surface area contributed by atoms with Gasteiger partial charge in [-0.3, -0.25) is 4.99 Å². The maximum Gasteiger partial charge on any atom is 0.227 e. The van der Waals surface area contributed by atoms with Crippen molar-refractivity contribution in [3.63, 3.8) is 0 Å². The summed E-state index contributed by atoms with van der Waals surface area (Å²) >= 11 is 0. The SMILES string of the molecule is Oc1ccc(C=Nc2ccc3oc(-c4cccc(F)c4)nc3c2)c(O)c1. The van der Waals surface area contributed by atoms with Crippen LogP contribution in [0.15, 0.2) is 70.1 Å². The van der Waals surface area contributed by atoms with Crippen molar-refractivity contribution in [2.75, 3.05) is 0 Å². The highest BCUT2D eigenvalue weighted by molar-refractivity contribution is 5.87. The Kier molecular flexibility index (Phi) is 3.85. The summed E-state index contributed by atoms with van der Waals surface area (Å²) in [5.74, 6) is -0.112. The molecule has 0 amide bonds. The number of aliphatic imine (C=N–C) groups is 1. The highest BCUT2D eigenvalue weighted by Crippen LogP contribution is 2.28. The summed E-state index contributed by atoms with van der Waals surface area (Å²) in [5.41, 5.74) is 2.80. The molecule has 0 bridgehead atoms. The lowest BCUT2D eigenvalue weighted by Crippen LogP contribution is -1.81. The van der Waals surface area contributed by atoms with Crippen molar-refractivity contribution in [1.29, 1.82) is 0 Å². The average Bonchev–Trinajstić information content (AvgIpc) is 3.04. The number of rotatable bonds is 3. The predicted molar refractivity (Wildman–Crippen MR) is 96.4 cm³/mol. The second-order valence-electron chi connectivity index (χ2n) is 5.68. The van der Waals surface area contributed by atoms with E-state index in [4.69, 9.17) is 4.42 Å². The Balaban J connectivity index is 1.66. The minimum Gasteiger partial charge on any atom is -0.508 e. The van der Waals surface area contributed by atoms with Crippen LogP contribution in [0.2, 0.25) is 0 Å². The second kappa shape index (κ2) is 6.33. The van der Waals surface area contributed by atoms with E-state index in [1.54, 1.807) is 36.4 Å². The van der Waals surface area contributed by atoms with Crippen LogP contribution in [0, 0.1) is 5.82 Å². The van der Waals surface area contributed by atoms with Crippen molar-refractivity contribution in [2.45, 2.75) is 0 Å². The highest BCUT2D eigenvalue weighted by atomic mass is 19.1. The number of benzene rings is 3. The topological polar surface area (TPSA) is 78.9 Å². The Bertz CT molecular complexity index is 1140. The van der Waals surface area contributed by atoms with E-state index >= 15 is 0 Å². The number of phenolic OH excluding ortho intramolecular Hbond substituents is 2. The fourth-order valence-corrected chi connectivity index (χ4v) is 2.53. The molecule has 4 aromatic rings. The Hall–Kier alpha value is -3.67. The molecule has 2 N–H and O–H groups in total. The van der Waals surface area contributed by atoms with E-state index in [-0.39, 0.29) is 17.3 Å². The lowest BCUT2D eigenvalue weighted by Gasteiger charge is -1.99. The maximum atomic E-state index is 13.4. The molecule has 0 unspecified atom stereocenters. The number of fused-ring (bicyclic) bond motifs is 1. The average molecular weight is 348 g/mol. The van der Waals surface area contributed by atoms with E-state index in [2.05, 4.69) is 9.98 Å². The van der Waals surface area contributed by atoms with Gasteiger partial charge in [0.15, 0.2) is 5.58 Å². The van der Waals surface area contributed by atoms with Gasteiger partial charge in [-0.25, -0.2) is 9.37 Å². The van der Waals surface area contributed by atoms with Crippen molar-refractivity contribution in [2.24, 2.45) is 4.99 Å². The van der Waals surface area contributed by atoms with E-state index in [0.717, 1.165) is 0 Å². The molecule has 26 heavy (non-hydrogen) atoms. The first-order valence-corrected chi connectivity index (χ1v) is 7.81. The standard InChI is InChI=1S/C20H13FN2O3/c21-14-3-1-2-12(8-14)20-23-17-9-15(5-7-19(17)26-20)22-11-13-4-6-16(24)10-18(13)25/h1-11,24-25H. The maximum absolute atomic E-state index is 13.4. The monoisotopic (exact) mass is 348 g/mol. The normalized spacial score (nSPS) is 11.4. The third-order valence-corrected chi connectivity index (χ3v) is 3.81. The smallest absolute Gasteiger partial charge is 0.227 e. The summed E-state index contributed by atoms with van der Waals surface area (Å²) in [6.07, 6.45) is 1.49. The molecule has 0 atom stereocenters. The molecule has 0 saturated carbocycles. The summed E-state index contributed by atoms with van der Waals surface area (Å²) < 4.78 is 19.0. The molecule has 128 valence electrons. The zero-order valence-electron chi connectivity index (χ0n) is 13.4. The van der Waals surface area contributed by atoms with Gasteiger partial charge in [-0.1, -0.05) is 6.07 Å². The van der Waals surface area contributed by atoms with Crippen LogP contribution in [0.5, 0.6) is 11.5 Å². The van der Waals surface area contributed by atoms with Crippen molar-refractivity contribution in [3.05, 3.63) is 72.0 Å². The quantitative estimate of drug-likeness (QED) is 0.522. The molecule has 0 saturated heterocycles. The Labute approximate surface area is 147 Å². The van der Waals surface area contributed by atoms with Gasteiger partial charge < -0.3 is 14.6 Å². The Morgan fingerprint density at radius 3 is 2.69 bits per heavy atom. The first-order chi connectivity index (χ1) is 12.6. The van der Waals surface area contributed by atoms with E-state index in [1.807, 2.05) is 0 Å². The third-order valence-electron chi connectivity index (χ3n) is 3.81. The fraction of sp³-hybridized carbons (Fsp3) is 0. The van der Waals surface area contributed by atoms with Gasteiger partial charge in [0.2, 0.25) is 5.89 Å². The number of halogens is 1. The van der Waals surface area contributed by atoms with Crippen molar-refractivity contribution in [1.82, 2.24) is 4.98 Å². The molecular weight excluding hydrogens is 335 g/mol. The molecule has 0 aliphatic heterocycles. The van der Waals surface area contributed by atoms with Crippen LogP contribution in [0.25, 0.3) is 22.6 Å². The molecule has 4 rings (SSSR count). The number of phenols is 2. The van der Waals surface area contributed by atoms with Crippen LogP contribution in [0.3, 0.4) is 0 Å². The molecule has 3 aromatic carbocycles. The zero-order valence-corrected chi connectivity index (χ0v) is 13.4. The molecule has 0 aliphatic rings. The minimum absolute atomic E-state index is 0.0199. The van der Waals surface area contributed by atoms with Crippen molar-refractivity contribution in [3.8, 4) is 23.0 Å². The Morgan fingerprint density at radius 2 is 1.88 bits per heavy atom. The van der Waals surface area contributed by atoms with Gasteiger partial charge in [-0.05, 0) is 48.5 Å². The van der Waals surface area contributed by atoms with E-state index in [9.17, 15) is 14.6 Å². The lowest BCUT2D eigenvalue weighted by atomic mass is 10.2. The molecule has 0 aliphatic carbocycles. The largest absolute Gasteiger partial charge is 0.508 e. The van der Waals surface area contributed by atoms with Crippen LogP contribution in [-0.4, -0.2) is 21.4 Å². The fourth-order valence-electron chi connectivity index (χ4n) is 2.53. The molecule has 6 heteroatoms. The van der Waals surface area contributed by atoms with Crippen LogP contribution >= 0.6 is 0 Å². The summed E-state index contributed by atoms with van der Waals surface area (Å²) in [5, 5.41) is 19.1. The molecule has 0 radical (unpaired) electrons. The van der Waals surface area contributed by atoms with Gasteiger partial charge in [0.1, 0.15) is 22.8 Å². The van der Waals surface area contributed by atoms with Crippen LogP contribution < -0.4 is 0 Å². The van der Waals surface area contributed by atoms with Crippen LogP contribution in [0.4, 0.5) is 10.1 Å². The first-order valence-electron chi connectivity index (χ1n) is 7.81. The van der Waals surface area contributed by atoms with E-state index < -0.39 is 0 Å².